The summed E-state index contributed by atoms with van der Waals surface area (Å²) in [5.41, 5.74) is 4.37. The summed E-state index contributed by atoms with van der Waals surface area (Å²) in [6.45, 7) is 4.50. The zero-order valence-corrected chi connectivity index (χ0v) is 24.9. The van der Waals surface area contributed by atoms with Crippen molar-refractivity contribution in [2.75, 3.05) is 13.4 Å². The fourth-order valence-corrected chi connectivity index (χ4v) is 6.80. The predicted octanol–water partition coefficient (Wildman–Crippen LogP) is 5.18. The van der Waals surface area contributed by atoms with Gasteiger partial charge in [-0.15, -0.1) is 0 Å². The largest absolute Gasteiger partial charge is 0.463 e. The molecule has 0 saturated heterocycles. The fraction of sp³-hybridized carbons (Fsp3) is 0.182. The summed E-state index contributed by atoms with van der Waals surface area (Å²) >= 11 is 7.39. The maximum atomic E-state index is 14.2. The number of para-hydroxylation sites is 1. The minimum Gasteiger partial charge on any atom is -0.463 e. The fourth-order valence-electron chi connectivity index (χ4n) is 5.64. The number of fused-ring (bicyclic) bond motifs is 3. The Kier molecular flexibility index (Phi) is 6.91. The molecule has 1 atom stereocenters. The molecule has 0 unspecified atom stereocenters. The maximum Gasteiger partial charge on any atom is 0.338 e. The molecule has 2 aromatic heterocycles. The Morgan fingerprint density at radius 3 is 2.72 bits per heavy atom. The van der Waals surface area contributed by atoms with Crippen LogP contribution in [0.1, 0.15) is 36.6 Å². The molecule has 216 valence electrons. The van der Waals surface area contributed by atoms with E-state index < -0.39 is 12.0 Å². The lowest BCUT2D eigenvalue weighted by Gasteiger charge is -2.24. The topological polar surface area (TPSA) is 84.1 Å². The van der Waals surface area contributed by atoms with Crippen LogP contribution in [0.15, 0.2) is 94.0 Å². The molecule has 43 heavy (non-hydrogen) atoms. The maximum absolute atomic E-state index is 14.2. The number of aromatic nitrogens is 2. The number of esters is 1. The Balaban J connectivity index is 1.38. The number of carbonyl (C=O) groups is 1. The van der Waals surface area contributed by atoms with Crippen molar-refractivity contribution in [3.8, 4) is 11.5 Å². The number of hydrogen-bond acceptors (Lipinski definition) is 7. The number of hydrogen-bond donors (Lipinski definition) is 0. The van der Waals surface area contributed by atoms with Crippen molar-refractivity contribution in [3.05, 3.63) is 126 Å². The van der Waals surface area contributed by atoms with Crippen LogP contribution in [0.3, 0.4) is 0 Å². The molecule has 0 saturated carbocycles. The van der Waals surface area contributed by atoms with Gasteiger partial charge in [0.15, 0.2) is 16.3 Å². The third-order valence-electron chi connectivity index (χ3n) is 7.60. The average molecular weight is 612 g/mol. The molecule has 2 aliphatic rings. The number of allylic oxidation sites excluding steroid dienone is 1. The van der Waals surface area contributed by atoms with E-state index in [1.54, 1.807) is 24.5 Å². The van der Waals surface area contributed by atoms with Crippen molar-refractivity contribution >= 4 is 45.9 Å². The van der Waals surface area contributed by atoms with Gasteiger partial charge in [0.1, 0.15) is 0 Å². The first-order chi connectivity index (χ1) is 20.9. The molecular formula is C33H26ClN3O5S. The monoisotopic (exact) mass is 611 g/mol. The summed E-state index contributed by atoms with van der Waals surface area (Å²) in [7, 11) is 0. The molecule has 4 heterocycles. The first-order valence-electron chi connectivity index (χ1n) is 13.8. The zero-order valence-electron chi connectivity index (χ0n) is 23.4. The number of thiazole rings is 1. The van der Waals surface area contributed by atoms with E-state index in [0.717, 1.165) is 22.0 Å². The molecule has 3 aromatic carbocycles. The summed E-state index contributed by atoms with van der Waals surface area (Å²) in [5, 5.41) is 1.72. The van der Waals surface area contributed by atoms with Crippen molar-refractivity contribution in [2.45, 2.75) is 26.4 Å². The summed E-state index contributed by atoms with van der Waals surface area (Å²) in [5.74, 6) is 0.668. The van der Waals surface area contributed by atoms with Crippen molar-refractivity contribution in [2.24, 2.45) is 4.99 Å². The second-order valence-electron chi connectivity index (χ2n) is 10.3. The SMILES string of the molecule is CCOC(=O)C1=C(C)N=c2s/c(=C/c3cn(Cc4ccc(Cl)cc4)c4ccccc34)c(=O)n2[C@H]1c1ccc2c(c1)OCO2. The highest BCUT2D eigenvalue weighted by Crippen LogP contribution is 2.38. The highest BCUT2D eigenvalue weighted by atomic mass is 35.5. The third-order valence-corrected chi connectivity index (χ3v) is 8.84. The molecule has 0 aliphatic carbocycles. The van der Waals surface area contributed by atoms with Gasteiger partial charge in [0.25, 0.3) is 5.56 Å². The van der Waals surface area contributed by atoms with Crippen molar-refractivity contribution in [3.63, 3.8) is 0 Å². The molecule has 5 aromatic rings. The first kappa shape index (κ1) is 27.2. The Bertz CT molecular complexity index is 2120. The van der Waals surface area contributed by atoms with Crippen LogP contribution in [-0.2, 0) is 16.1 Å². The van der Waals surface area contributed by atoms with Crippen LogP contribution in [0, 0.1) is 0 Å². The molecule has 0 radical (unpaired) electrons. The molecule has 10 heteroatoms. The Morgan fingerprint density at radius 2 is 1.91 bits per heavy atom. The molecule has 0 bridgehead atoms. The Morgan fingerprint density at radius 1 is 1.12 bits per heavy atom. The zero-order chi connectivity index (χ0) is 29.7. The number of halogens is 1. The van der Waals surface area contributed by atoms with Crippen LogP contribution in [0.5, 0.6) is 11.5 Å². The second kappa shape index (κ2) is 10.9. The second-order valence-corrected chi connectivity index (χ2v) is 11.7. The minimum atomic E-state index is -0.738. The van der Waals surface area contributed by atoms with E-state index in [9.17, 15) is 9.59 Å². The molecule has 0 amide bonds. The number of benzene rings is 3. The van der Waals surface area contributed by atoms with Gasteiger partial charge in [0.2, 0.25) is 6.79 Å². The predicted molar refractivity (Wildman–Crippen MR) is 165 cm³/mol. The number of nitrogens with zero attached hydrogens (tertiary/aromatic N) is 3. The lowest BCUT2D eigenvalue weighted by molar-refractivity contribution is -0.139. The molecule has 0 N–H and O–H groups in total. The summed E-state index contributed by atoms with van der Waals surface area (Å²) in [6, 6.07) is 20.6. The van der Waals surface area contributed by atoms with Crippen molar-refractivity contribution in [1.82, 2.24) is 9.13 Å². The smallest absolute Gasteiger partial charge is 0.338 e. The van der Waals surface area contributed by atoms with Crippen LogP contribution in [0.4, 0.5) is 0 Å². The molecular weight excluding hydrogens is 586 g/mol. The van der Waals surface area contributed by atoms with Crippen LogP contribution in [0.25, 0.3) is 17.0 Å². The van der Waals surface area contributed by atoms with Gasteiger partial charge in [-0.1, -0.05) is 59.3 Å². The van der Waals surface area contributed by atoms with Gasteiger partial charge in [-0.05, 0) is 61.4 Å². The Labute approximate surface area is 255 Å². The Hall–Kier alpha value is -4.60. The van der Waals surface area contributed by atoms with E-state index in [-0.39, 0.29) is 19.0 Å². The van der Waals surface area contributed by atoms with Gasteiger partial charge >= 0.3 is 5.97 Å². The lowest BCUT2D eigenvalue weighted by atomic mass is 9.95. The molecule has 7 rings (SSSR count). The van der Waals surface area contributed by atoms with Gasteiger partial charge < -0.3 is 18.8 Å². The quantitative estimate of drug-likeness (QED) is 0.247. The molecule has 8 nitrogen and oxygen atoms in total. The van der Waals surface area contributed by atoms with Gasteiger partial charge in [-0.3, -0.25) is 9.36 Å². The first-order valence-corrected chi connectivity index (χ1v) is 15.0. The summed E-state index contributed by atoms with van der Waals surface area (Å²) in [4.78, 5) is 32.6. The van der Waals surface area contributed by atoms with Gasteiger partial charge in [0, 0.05) is 34.2 Å². The van der Waals surface area contributed by atoms with Crippen LogP contribution in [-0.4, -0.2) is 28.5 Å². The van der Waals surface area contributed by atoms with E-state index in [1.165, 1.54) is 11.3 Å². The van der Waals surface area contributed by atoms with E-state index in [0.29, 0.717) is 49.2 Å². The van der Waals surface area contributed by atoms with Gasteiger partial charge in [0.05, 0.1) is 28.5 Å². The standard InChI is InChI=1S/C33H26ClN3O5S/c1-3-40-32(39)29-19(2)35-33-37(30(29)21-10-13-26-27(14-21)42-18-41-26)31(38)28(43-33)15-22-17-36(25-7-5-4-6-24(22)25)16-20-8-11-23(34)12-9-20/h4-15,17,30H,3,16,18H2,1-2H3/b28-15+/t30-/m0/s1. The van der Waals surface area contributed by atoms with E-state index in [2.05, 4.69) is 22.9 Å². The number of rotatable bonds is 6. The molecule has 2 aliphatic heterocycles. The molecule has 0 spiro atoms. The number of carbonyl (C=O) groups excluding carboxylic acids is 1. The van der Waals surface area contributed by atoms with Crippen LogP contribution >= 0.6 is 22.9 Å². The van der Waals surface area contributed by atoms with E-state index in [4.69, 9.17) is 30.8 Å². The third kappa shape index (κ3) is 4.84. The molecule has 0 fully saturated rings. The summed E-state index contributed by atoms with van der Waals surface area (Å²) < 4.78 is 20.8. The highest BCUT2D eigenvalue weighted by Gasteiger charge is 2.34. The van der Waals surface area contributed by atoms with Crippen LogP contribution in [0.2, 0.25) is 5.02 Å². The minimum absolute atomic E-state index is 0.118. The summed E-state index contributed by atoms with van der Waals surface area (Å²) in [6.07, 6.45) is 3.96. The van der Waals surface area contributed by atoms with E-state index in [1.807, 2.05) is 54.6 Å². The van der Waals surface area contributed by atoms with Crippen molar-refractivity contribution < 1.29 is 19.0 Å². The van der Waals surface area contributed by atoms with Gasteiger partial charge in [-0.25, -0.2) is 9.79 Å². The van der Waals surface area contributed by atoms with Gasteiger partial charge in [-0.2, -0.15) is 0 Å². The van der Waals surface area contributed by atoms with Crippen LogP contribution < -0.4 is 24.4 Å². The van der Waals surface area contributed by atoms with E-state index >= 15 is 0 Å². The number of ether oxygens (including phenoxy) is 3. The normalized spacial score (nSPS) is 16.0. The highest BCUT2D eigenvalue weighted by molar-refractivity contribution is 7.07. The lowest BCUT2D eigenvalue weighted by Crippen LogP contribution is -2.39. The van der Waals surface area contributed by atoms with Crippen molar-refractivity contribution in [1.29, 1.82) is 0 Å². The average Bonchev–Trinajstić information content (AvgIpc) is 3.69.